The highest BCUT2D eigenvalue weighted by molar-refractivity contribution is 5.77. The van der Waals surface area contributed by atoms with Crippen LogP contribution in [0.15, 0.2) is 24.3 Å². The quantitative estimate of drug-likeness (QED) is 0.246. The maximum absolute atomic E-state index is 12.6. The summed E-state index contributed by atoms with van der Waals surface area (Å²) in [6, 6.07) is 7.75. The first kappa shape index (κ1) is 30.1. The number of carbonyl (C=O) groups excluding carboxylic acids is 1. The average molecular weight is 517 g/mol. The van der Waals surface area contributed by atoms with Crippen molar-refractivity contribution in [3.05, 3.63) is 35.5 Å². The van der Waals surface area contributed by atoms with Crippen molar-refractivity contribution in [1.29, 1.82) is 0 Å². The number of nitrogens with two attached hydrogens (primary N) is 3. The number of hydrogen-bond acceptors (Lipinski definition) is 9. The average Bonchev–Trinajstić information content (AvgIpc) is 2.83. The van der Waals surface area contributed by atoms with E-state index in [0.29, 0.717) is 69.9 Å². The number of rotatable bonds is 16. The fourth-order valence-corrected chi connectivity index (χ4v) is 3.59. The molecular formula is C27H44N6O4. The number of benzene rings is 1. The van der Waals surface area contributed by atoms with Gasteiger partial charge in [-0.15, -0.1) is 0 Å². The molecule has 2 aromatic rings. The minimum absolute atomic E-state index is 0.0127. The van der Waals surface area contributed by atoms with E-state index in [1.54, 1.807) is 0 Å². The van der Waals surface area contributed by atoms with Gasteiger partial charge < -0.3 is 36.7 Å². The largest absolute Gasteiger partial charge is 0.493 e. The van der Waals surface area contributed by atoms with Gasteiger partial charge in [-0.25, -0.2) is 4.98 Å². The highest BCUT2D eigenvalue weighted by Crippen LogP contribution is 2.25. The lowest BCUT2D eigenvalue weighted by Gasteiger charge is -2.29. The summed E-state index contributed by atoms with van der Waals surface area (Å²) in [4.78, 5) is 20.8. The van der Waals surface area contributed by atoms with E-state index in [4.69, 9.17) is 31.4 Å². The van der Waals surface area contributed by atoms with Gasteiger partial charge in [0, 0.05) is 31.5 Å². The predicted octanol–water partition coefficient (Wildman–Crippen LogP) is 3.02. The van der Waals surface area contributed by atoms with Gasteiger partial charge >= 0.3 is 0 Å². The van der Waals surface area contributed by atoms with Gasteiger partial charge in [0.2, 0.25) is 11.9 Å². The minimum Gasteiger partial charge on any atom is -0.493 e. The SMILES string of the molecule is CCc1nc(N)nc(N)c1OCCCOc1ccccc1CCC(=O)NC(C)(C)CCOC(C)(C)CN. The maximum Gasteiger partial charge on any atom is 0.222 e. The monoisotopic (exact) mass is 516 g/mol. The Morgan fingerprint density at radius 1 is 1.03 bits per heavy atom. The van der Waals surface area contributed by atoms with Gasteiger partial charge in [0.1, 0.15) is 5.75 Å². The summed E-state index contributed by atoms with van der Waals surface area (Å²) in [5.41, 5.74) is 18.2. The molecule has 7 N–H and O–H groups in total. The number of aromatic nitrogens is 2. The van der Waals surface area contributed by atoms with Crippen LogP contribution in [0, 0.1) is 0 Å². The van der Waals surface area contributed by atoms with E-state index in [9.17, 15) is 4.79 Å². The zero-order valence-electron chi connectivity index (χ0n) is 22.9. The summed E-state index contributed by atoms with van der Waals surface area (Å²) in [7, 11) is 0. The molecule has 0 atom stereocenters. The Labute approximate surface area is 220 Å². The summed E-state index contributed by atoms with van der Waals surface area (Å²) in [6.45, 7) is 11.7. The third kappa shape index (κ3) is 10.4. The number of nitrogen functional groups attached to an aromatic ring is 2. The molecule has 1 heterocycles. The highest BCUT2D eigenvalue weighted by Gasteiger charge is 2.23. The number of nitrogens with zero attached hydrogens (tertiary/aromatic N) is 2. The van der Waals surface area contributed by atoms with Gasteiger partial charge in [-0.05, 0) is 58.6 Å². The number of nitrogens with one attached hydrogen (secondary N) is 1. The predicted molar refractivity (Wildman–Crippen MR) is 147 cm³/mol. The van der Waals surface area contributed by atoms with Crippen LogP contribution in [0.2, 0.25) is 0 Å². The lowest BCUT2D eigenvalue weighted by atomic mass is 10.00. The van der Waals surface area contributed by atoms with Gasteiger partial charge in [0.05, 0.1) is 24.5 Å². The molecule has 1 aromatic heterocycles. The zero-order valence-corrected chi connectivity index (χ0v) is 22.9. The first-order chi connectivity index (χ1) is 17.5. The van der Waals surface area contributed by atoms with Crippen molar-refractivity contribution in [1.82, 2.24) is 15.3 Å². The second kappa shape index (κ2) is 14.0. The smallest absolute Gasteiger partial charge is 0.222 e. The van der Waals surface area contributed by atoms with Crippen LogP contribution >= 0.6 is 0 Å². The Kier molecular flexibility index (Phi) is 11.4. The molecule has 0 aliphatic heterocycles. The van der Waals surface area contributed by atoms with Crippen molar-refractivity contribution < 1.29 is 19.0 Å². The molecule has 206 valence electrons. The van der Waals surface area contributed by atoms with Crippen LogP contribution in [0.5, 0.6) is 11.5 Å². The number of anilines is 2. The van der Waals surface area contributed by atoms with Crippen LogP contribution in [0.25, 0.3) is 0 Å². The second-order valence-corrected chi connectivity index (χ2v) is 10.2. The maximum atomic E-state index is 12.6. The third-order valence-corrected chi connectivity index (χ3v) is 5.89. The summed E-state index contributed by atoms with van der Waals surface area (Å²) >= 11 is 0. The van der Waals surface area contributed by atoms with E-state index in [1.807, 2.05) is 58.9 Å². The number of ether oxygens (including phenoxy) is 3. The molecular weight excluding hydrogens is 472 g/mol. The third-order valence-electron chi connectivity index (χ3n) is 5.89. The normalized spacial score (nSPS) is 11.8. The first-order valence-corrected chi connectivity index (χ1v) is 12.9. The van der Waals surface area contributed by atoms with Crippen molar-refractivity contribution in [3.63, 3.8) is 0 Å². The standard InChI is InChI=1S/C27H44N6O4/c1-6-20-23(24(29)32-25(30)31-20)36-16-9-15-35-21-11-8-7-10-19(21)12-13-22(34)33-26(2,3)14-17-37-27(4,5)18-28/h7-8,10-11H,6,9,12-18,28H2,1-5H3,(H,33,34)(H4,29,30,31,32). The molecule has 37 heavy (non-hydrogen) atoms. The summed E-state index contributed by atoms with van der Waals surface area (Å²) in [6.07, 6.45) is 2.90. The van der Waals surface area contributed by atoms with Gasteiger partial charge in [-0.3, -0.25) is 4.79 Å². The highest BCUT2D eigenvalue weighted by atomic mass is 16.5. The van der Waals surface area contributed by atoms with E-state index in [-0.39, 0.29) is 28.8 Å². The molecule has 0 saturated carbocycles. The first-order valence-electron chi connectivity index (χ1n) is 12.9. The van der Waals surface area contributed by atoms with Crippen molar-refractivity contribution in [2.45, 2.75) is 77.9 Å². The molecule has 0 aliphatic rings. The number of para-hydroxylation sites is 1. The van der Waals surface area contributed by atoms with Crippen LogP contribution in [-0.4, -0.2) is 53.4 Å². The summed E-state index contributed by atoms with van der Waals surface area (Å²) < 4.78 is 17.6. The van der Waals surface area contributed by atoms with Crippen LogP contribution in [0.3, 0.4) is 0 Å². The molecule has 0 fully saturated rings. The van der Waals surface area contributed by atoms with E-state index >= 15 is 0 Å². The Balaban J connectivity index is 1.79. The fourth-order valence-electron chi connectivity index (χ4n) is 3.59. The molecule has 0 spiro atoms. The van der Waals surface area contributed by atoms with E-state index in [1.165, 1.54) is 0 Å². The zero-order chi connectivity index (χ0) is 27.5. The molecule has 10 heteroatoms. The Hall–Kier alpha value is -3.11. The minimum atomic E-state index is -0.381. The Morgan fingerprint density at radius 2 is 1.73 bits per heavy atom. The van der Waals surface area contributed by atoms with Gasteiger partial charge in [0.15, 0.2) is 11.6 Å². The molecule has 2 rings (SSSR count). The molecule has 0 aliphatic carbocycles. The lowest BCUT2D eigenvalue weighted by molar-refractivity contribution is -0.123. The lowest BCUT2D eigenvalue weighted by Crippen LogP contribution is -2.45. The van der Waals surface area contributed by atoms with Gasteiger partial charge in [-0.1, -0.05) is 25.1 Å². The molecule has 1 aromatic carbocycles. The van der Waals surface area contributed by atoms with Crippen molar-refractivity contribution in [2.24, 2.45) is 5.73 Å². The Bertz CT molecular complexity index is 1010. The van der Waals surface area contributed by atoms with Gasteiger partial charge in [0.25, 0.3) is 0 Å². The number of carbonyl (C=O) groups is 1. The summed E-state index contributed by atoms with van der Waals surface area (Å²) in [5, 5.41) is 3.11. The van der Waals surface area contributed by atoms with Gasteiger partial charge in [-0.2, -0.15) is 4.98 Å². The van der Waals surface area contributed by atoms with E-state index in [0.717, 1.165) is 11.3 Å². The van der Waals surface area contributed by atoms with E-state index < -0.39 is 0 Å². The topological polar surface area (TPSA) is 161 Å². The number of hydrogen-bond donors (Lipinski definition) is 4. The molecule has 0 radical (unpaired) electrons. The number of aryl methyl sites for hydroxylation is 2. The van der Waals surface area contributed by atoms with Crippen LogP contribution in [0.1, 0.15) is 65.1 Å². The molecule has 1 amide bonds. The second-order valence-electron chi connectivity index (χ2n) is 10.2. The molecule has 0 bridgehead atoms. The van der Waals surface area contributed by atoms with Crippen LogP contribution < -0.4 is 32.0 Å². The Morgan fingerprint density at radius 3 is 2.43 bits per heavy atom. The number of amides is 1. The van der Waals surface area contributed by atoms with Crippen LogP contribution in [-0.2, 0) is 22.4 Å². The van der Waals surface area contributed by atoms with E-state index in [2.05, 4.69) is 15.3 Å². The van der Waals surface area contributed by atoms with Crippen molar-refractivity contribution in [2.75, 3.05) is 37.8 Å². The van der Waals surface area contributed by atoms with Crippen molar-refractivity contribution in [3.8, 4) is 11.5 Å². The van der Waals surface area contributed by atoms with Crippen LogP contribution in [0.4, 0.5) is 11.8 Å². The fraction of sp³-hybridized carbons (Fsp3) is 0.593. The van der Waals surface area contributed by atoms with Crippen molar-refractivity contribution >= 4 is 17.7 Å². The molecule has 0 unspecified atom stereocenters. The molecule has 10 nitrogen and oxygen atoms in total. The molecule has 0 saturated heterocycles. The summed E-state index contributed by atoms with van der Waals surface area (Å²) in [5.74, 6) is 1.60.